The minimum absolute atomic E-state index is 0.414. The van der Waals surface area contributed by atoms with Crippen LogP contribution in [0.3, 0.4) is 0 Å². The summed E-state index contributed by atoms with van der Waals surface area (Å²) in [5.41, 5.74) is 0.656. The van der Waals surface area contributed by atoms with Gasteiger partial charge in [-0.2, -0.15) is 0 Å². The van der Waals surface area contributed by atoms with Crippen LogP contribution in [0.2, 0.25) is 5.02 Å². The molecular weight excluding hydrogens is 280 g/mol. The van der Waals surface area contributed by atoms with Crippen LogP contribution < -0.4 is 9.47 Å². The first-order chi connectivity index (χ1) is 9.58. The van der Waals surface area contributed by atoms with Gasteiger partial charge in [0.05, 0.1) is 18.2 Å². The molecule has 0 bridgehead atoms. The Hall–Kier alpha value is -1.68. The largest absolute Gasteiger partial charge is 0.490 e. The van der Waals surface area contributed by atoms with Crippen LogP contribution in [0, 0.1) is 0 Å². The number of halogens is 1. The molecule has 0 amide bonds. The van der Waals surface area contributed by atoms with Crippen molar-refractivity contribution in [2.75, 3.05) is 13.2 Å². The van der Waals surface area contributed by atoms with Crippen LogP contribution in [0.4, 0.5) is 0 Å². The summed E-state index contributed by atoms with van der Waals surface area (Å²) in [4.78, 5) is 10.5. The van der Waals surface area contributed by atoms with E-state index in [0.717, 1.165) is 18.9 Å². The number of aliphatic carboxylic acids is 1. The summed E-state index contributed by atoms with van der Waals surface area (Å²) in [6.07, 6.45) is 4.48. The first kappa shape index (κ1) is 16.4. The molecule has 1 N–H and O–H groups in total. The third-order valence-electron chi connectivity index (χ3n) is 2.49. The second kappa shape index (κ2) is 8.48. The molecule has 0 saturated heterocycles. The summed E-state index contributed by atoms with van der Waals surface area (Å²) < 4.78 is 11.1. The van der Waals surface area contributed by atoms with Gasteiger partial charge in [-0.3, -0.25) is 0 Å². The van der Waals surface area contributed by atoms with E-state index >= 15 is 0 Å². The van der Waals surface area contributed by atoms with Gasteiger partial charge in [0.1, 0.15) is 0 Å². The Bertz CT molecular complexity index is 483. The average Bonchev–Trinajstić information content (AvgIpc) is 2.39. The van der Waals surface area contributed by atoms with Crippen LogP contribution in [0.1, 0.15) is 32.3 Å². The molecule has 0 saturated carbocycles. The van der Waals surface area contributed by atoms with Crippen molar-refractivity contribution in [1.29, 1.82) is 0 Å². The van der Waals surface area contributed by atoms with Crippen molar-refractivity contribution in [1.82, 2.24) is 0 Å². The second-order valence-corrected chi connectivity index (χ2v) is 4.54. The number of unbranched alkanes of at least 4 members (excludes halogenated alkanes) is 1. The van der Waals surface area contributed by atoms with E-state index in [9.17, 15) is 4.79 Å². The molecule has 0 aromatic heterocycles. The molecule has 0 aliphatic carbocycles. The van der Waals surface area contributed by atoms with E-state index < -0.39 is 5.97 Å². The summed E-state index contributed by atoms with van der Waals surface area (Å²) in [7, 11) is 0. The van der Waals surface area contributed by atoms with E-state index in [1.807, 2.05) is 6.92 Å². The zero-order valence-corrected chi connectivity index (χ0v) is 12.4. The molecule has 1 aromatic rings. The van der Waals surface area contributed by atoms with Crippen LogP contribution in [-0.2, 0) is 4.79 Å². The summed E-state index contributed by atoms with van der Waals surface area (Å²) in [5, 5.41) is 9.05. The van der Waals surface area contributed by atoms with Gasteiger partial charge in [-0.15, -0.1) is 0 Å². The van der Waals surface area contributed by atoms with Crippen molar-refractivity contribution >= 4 is 23.6 Å². The summed E-state index contributed by atoms with van der Waals surface area (Å²) in [5.74, 6) is 0.0259. The summed E-state index contributed by atoms with van der Waals surface area (Å²) in [6.45, 7) is 4.99. The van der Waals surface area contributed by atoms with Crippen molar-refractivity contribution in [3.63, 3.8) is 0 Å². The van der Waals surface area contributed by atoms with E-state index in [1.165, 1.54) is 6.08 Å². The fourth-order valence-electron chi connectivity index (χ4n) is 1.57. The molecule has 0 unspecified atom stereocenters. The molecule has 1 aromatic carbocycles. The van der Waals surface area contributed by atoms with Gasteiger partial charge < -0.3 is 14.6 Å². The monoisotopic (exact) mass is 298 g/mol. The van der Waals surface area contributed by atoms with Crippen molar-refractivity contribution in [3.05, 3.63) is 28.8 Å². The van der Waals surface area contributed by atoms with Crippen LogP contribution in [0.5, 0.6) is 11.5 Å². The maximum Gasteiger partial charge on any atom is 0.328 e. The van der Waals surface area contributed by atoms with Crippen molar-refractivity contribution in [2.45, 2.75) is 26.7 Å². The molecule has 4 nitrogen and oxygen atoms in total. The minimum Gasteiger partial charge on any atom is -0.490 e. The number of carboxylic acids is 1. The Morgan fingerprint density at radius 2 is 2.10 bits per heavy atom. The zero-order valence-electron chi connectivity index (χ0n) is 11.7. The van der Waals surface area contributed by atoms with Crippen molar-refractivity contribution in [2.24, 2.45) is 0 Å². The average molecular weight is 299 g/mol. The normalized spacial score (nSPS) is 10.8. The topological polar surface area (TPSA) is 55.8 Å². The summed E-state index contributed by atoms with van der Waals surface area (Å²) in [6, 6.07) is 3.38. The quantitative estimate of drug-likeness (QED) is 0.582. The van der Waals surface area contributed by atoms with E-state index in [1.54, 1.807) is 12.1 Å². The minimum atomic E-state index is -1.01. The Labute approximate surface area is 124 Å². The zero-order chi connectivity index (χ0) is 15.0. The lowest BCUT2D eigenvalue weighted by Gasteiger charge is -2.14. The maximum atomic E-state index is 10.5. The van der Waals surface area contributed by atoms with Crippen molar-refractivity contribution in [3.8, 4) is 11.5 Å². The number of rotatable bonds is 8. The van der Waals surface area contributed by atoms with Gasteiger partial charge in [0.15, 0.2) is 11.5 Å². The molecule has 0 aliphatic rings. The maximum absolute atomic E-state index is 10.5. The molecule has 20 heavy (non-hydrogen) atoms. The van der Waals surface area contributed by atoms with Gasteiger partial charge in [0.25, 0.3) is 0 Å². The molecular formula is C15H19ClO4. The van der Waals surface area contributed by atoms with Gasteiger partial charge in [0, 0.05) is 6.08 Å². The smallest absolute Gasteiger partial charge is 0.328 e. The SMILES string of the molecule is CCCCOc1c(Cl)cc(/C=C/C(=O)O)cc1OCC. The lowest BCUT2D eigenvalue weighted by atomic mass is 10.2. The lowest BCUT2D eigenvalue weighted by Crippen LogP contribution is -2.01. The van der Waals surface area contributed by atoms with E-state index in [0.29, 0.717) is 35.3 Å². The van der Waals surface area contributed by atoms with Gasteiger partial charge in [0.2, 0.25) is 0 Å². The van der Waals surface area contributed by atoms with Crippen molar-refractivity contribution < 1.29 is 19.4 Å². The first-order valence-corrected chi connectivity index (χ1v) is 6.96. The molecule has 110 valence electrons. The predicted molar refractivity (Wildman–Crippen MR) is 79.7 cm³/mol. The van der Waals surface area contributed by atoms with Gasteiger partial charge in [-0.25, -0.2) is 4.79 Å². The lowest BCUT2D eigenvalue weighted by molar-refractivity contribution is -0.131. The number of benzene rings is 1. The molecule has 0 radical (unpaired) electrons. The Morgan fingerprint density at radius 3 is 2.70 bits per heavy atom. The van der Waals surface area contributed by atoms with Crippen LogP contribution in [0.15, 0.2) is 18.2 Å². The molecule has 0 aliphatic heterocycles. The third kappa shape index (κ3) is 5.13. The predicted octanol–water partition coefficient (Wildman–Crippen LogP) is 4.02. The highest BCUT2D eigenvalue weighted by molar-refractivity contribution is 6.32. The van der Waals surface area contributed by atoms with Gasteiger partial charge >= 0.3 is 5.97 Å². The first-order valence-electron chi connectivity index (χ1n) is 6.58. The van der Waals surface area contributed by atoms with E-state index in [-0.39, 0.29) is 0 Å². The Kier molecular flexibility index (Phi) is 6.94. The molecule has 0 spiro atoms. The van der Waals surface area contributed by atoms with E-state index in [4.69, 9.17) is 26.2 Å². The summed E-state index contributed by atoms with van der Waals surface area (Å²) >= 11 is 6.18. The Balaban J connectivity index is 3.01. The van der Waals surface area contributed by atoms with Gasteiger partial charge in [-0.1, -0.05) is 24.9 Å². The van der Waals surface area contributed by atoms with E-state index in [2.05, 4.69) is 6.92 Å². The highest BCUT2D eigenvalue weighted by Gasteiger charge is 2.11. The fraction of sp³-hybridized carbons (Fsp3) is 0.400. The standard InChI is InChI=1S/C15H19ClO4/c1-3-5-8-20-15-12(16)9-11(6-7-14(17)18)10-13(15)19-4-2/h6-7,9-10H,3-5,8H2,1-2H3,(H,17,18)/b7-6+. The number of hydrogen-bond acceptors (Lipinski definition) is 3. The van der Waals surface area contributed by atoms with Crippen LogP contribution >= 0.6 is 11.6 Å². The van der Waals surface area contributed by atoms with Crippen LogP contribution in [-0.4, -0.2) is 24.3 Å². The second-order valence-electron chi connectivity index (χ2n) is 4.14. The fourth-order valence-corrected chi connectivity index (χ4v) is 1.85. The molecule has 1 rings (SSSR count). The highest BCUT2D eigenvalue weighted by atomic mass is 35.5. The molecule has 5 heteroatoms. The highest BCUT2D eigenvalue weighted by Crippen LogP contribution is 2.37. The Morgan fingerprint density at radius 1 is 1.35 bits per heavy atom. The molecule has 0 heterocycles. The number of ether oxygens (including phenoxy) is 2. The van der Waals surface area contributed by atoms with Gasteiger partial charge in [-0.05, 0) is 37.1 Å². The molecule has 0 fully saturated rings. The number of carboxylic acid groups (broad SMARTS) is 1. The molecule has 0 atom stereocenters. The van der Waals surface area contributed by atoms with Crippen LogP contribution in [0.25, 0.3) is 6.08 Å². The number of hydrogen-bond donors (Lipinski definition) is 1. The number of carbonyl (C=O) groups is 1. The third-order valence-corrected chi connectivity index (χ3v) is 2.78.